The van der Waals surface area contributed by atoms with Crippen LogP contribution >= 0.6 is 0 Å². The zero-order valence-electron chi connectivity index (χ0n) is 8.75. The van der Waals surface area contributed by atoms with Gasteiger partial charge in [-0.2, -0.15) is 0 Å². The van der Waals surface area contributed by atoms with E-state index in [0.717, 1.165) is 0 Å². The van der Waals surface area contributed by atoms with Gasteiger partial charge in [-0.05, 0) is 17.6 Å². The van der Waals surface area contributed by atoms with Crippen LogP contribution in [0, 0.1) is 0 Å². The fraction of sp³-hybridized carbons (Fsp3) is 0.333. The number of hydrogen-bond donors (Lipinski definition) is 0. The van der Waals surface area contributed by atoms with E-state index in [-0.39, 0.29) is 5.75 Å². The van der Waals surface area contributed by atoms with Crippen molar-refractivity contribution in [3.05, 3.63) is 24.3 Å². The van der Waals surface area contributed by atoms with Gasteiger partial charge in [-0.15, -0.1) is 13.2 Å². The molecule has 1 aromatic rings. The van der Waals surface area contributed by atoms with E-state index >= 15 is 0 Å². The van der Waals surface area contributed by atoms with E-state index in [1.165, 1.54) is 38.5 Å². The molecule has 88 valence electrons. The minimum absolute atomic E-state index is 0.276. The van der Waals surface area contributed by atoms with E-state index in [1.807, 2.05) is 0 Å². The fourth-order valence-electron chi connectivity index (χ4n) is 1.20. The van der Waals surface area contributed by atoms with Crippen LogP contribution in [0.15, 0.2) is 24.3 Å². The zero-order valence-corrected chi connectivity index (χ0v) is 8.75. The largest absolute Gasteiger partial charge is 0.573 e. The highest BCUT2D eigenvalue weighted by molar-refractivity contribution is 6.61. The Kier molecular flexibility index (Phi) is 4.20. The minimum atomic E-state index is -4.68. The summed E-state index contributed by atoms with van der Waals surface area (Å²) < 4.78 is 49.2. The topological polar surface area (TPSA) is 27.7 Å². The molecule has 0 aliphatic carbocycles. The van der Waals surface area contributed by atoms with Crippen molar-refractivity contribution in [2.45, 2.75) is 6.36 Å². The van der Waals surface area contributed by atoms with Crippen molar-refractivity contribution in [1.82, 2.24) is 0 Å². The summed E-state index contributed by atoms with van der Waals surface area (Å²) in [5, 5.41) is 0. The Morgan fingerprint density at radius 1 is 1.00 bits per heavy atom. The third-order valence-electron chi connectivity index (χ3n) is 1.81. The van der Waals surface area contributed by atoms with Gasteiger partial charge < -0.3 is 14.0 Å². The molecule has 0 radical (unpaired) electrons. The Labute approximate surface area is 91.3 Å². The molecule has 1 aromatic carbocycles. The maximum atomic E-state index is 11.9. The highest BCUT2D eigenvalue weighted by Gasteiger charge is 2.31. The molecule has 0 aliphatic heterocycles. The summed E-state index contributed by atoms with van der Waals surface area (Å²) in [5.74, 6) is -0.276. The lowest BCUT2D eigenvalue weighted by atomic mass is 9.79. The molecule has 0 unspecified atom stereocenters. The van der Waals surface area contributed by atoms with E-state index in [9.17, 15) is 13.2 Å². The van der Waals surface area contributed by atoms with Gasteiger partial charge in [-0.1, -0.05) is 12.1 Å². The highest BCUT2D eigenvalue weighted by Crippen LogP contribution is 2.21. The molecule has 0 aliphatic rings. The molecule has 0 aromatic heterocycles. The van der Waals surface area contributed by atoms with E-state index < -0.39 is 13.5 Å². The van der Waals surface area contributed by atoms with Gasteiger partial charge in [0.05, 0.1) is 0 Å². The lowest BCUT2D eigenvalue weighted by Crippen LogP contribution is -2.34. The molecule has 0 saturated heterocycles. The lowest BCUT2D eigenvalue weighted by molar-refractivity contribution is -0.274. The number of halogens is 3. The number of benzene rings is 1. The highest BCUT2D eigenvalue weighted by atomic mass is 19.4. The maximum absolute atomic E-state index is 11.9. The maximum Gasteiger partial charge on any atom is 0.573 e. The standard InChI is InChI=1S/C9H10BF3O3/c1-14-10(15-2)7-3-5-8(6-4-7)16-9(11,12)13/h3-6H,1-2H3. The van der Waals surface area contributed by atoms with Gasteiger partial charge >= 0.3 is 13.5 Å². The second kappa shape index (κ2) is 5.22. The summed E-state index contributed by atoms with van der Waals surface area (Å²) in [6.45, 7) is 0. The normalized spacial score (nSPS) is 11.3. The smallest absolute Gasteiger partial charge is 0.410 e. The number of ether oxygens (including phenoxy) is 1. The molecule has 0 bridgehead atoms. The summed E-state index contributed by atoms with van der Waals surface area (Å²) in [4.78, 5) is 0. The zero-order chi connectivity index (χ0) is 12.2. The van der Waals surface area contributed by atoms with E-state index in [1.54, 1.807) is 0 Å². The van der Waals surface area contributed by atoms with Crippen LogP contribution in [0.4, 0.5) is 13.2 Å². The Morgan fingerprint density at radius 3 is 1.88 bits per heavy atom. The number of hydrogen-bond acceptors (Lipinski definition) is 3. The molecule has 0 amide bonds. The molecular weight excluding hydrogens is 224 g/mol. The second-order valence-electron chi connectivity index (χ2n) is 2.92. The molecule has 0 saturated carbocycles. The summed E-state index contributed by atoms with van der Waals surface area (Å²) in [6.07, 6.45) is -4.68. The van der Waals surface area contributed by atoms with E-state index in [4.69, 9.17) is 9.31 Å². The third-order valence-corrected chi connectivity index (χ3v) is 1.81. The van der Waals surface area contributed by atoms with Crippen molar-refractivity contribution in [1.29, 1.82) is 0 Å². The monoisotopic (exact) mass is 234 g/mol. The Morgan fingerprint density at radius 2 is 1.50 bits per heavy atom. The van der Waals surface area contributed by atoms with Gasteiger partial charge in [-0.3, -0.25) is 0 Å². The minimum Gasteiger partial charge on any atom is -0.410 e. The Hall–Kier alpha value is -1.21. The Bertz CT molecular complexity index is 322. The molecule has 0 N–H and O–H groups in total. The summed E-state index contributed by atoms with van der Waals surface area (Å²) >= 11 is 0. The number of alkyl halides is 3. The first-order valence-electron chi connectivity index (χ1n) is 4.37. The first kappa shape index (κ1) is 12.9. The Balaban J connectivity index is 2.75. The van der Waals surface area contributed by atoms with Crippen LogP contribution in [0.25, 0.3) is 0 Å². The summed E-state index contributed by atoms with van der Waals surface area (Å²) in [7, 11) is 2.28. The first-order valence-corrected chi connectivity index (χ1v) is 4.37. The molecule has 0 fully saturated rings. The quantitative estimate of drug-likeness (QED) is 0.740. The molecular formula is C9H10BF3O3. The second-order valence-corrected chi connectivity index (χ2v) is 2.92. The van der Waals surface area contributed by atoms with Crippen LogP contribution in [0.1, 0.15) is 0 Å². The van der Waals surface area contributed by atoms with Gasteiger partial charge in [-0.25, -0.2) is 0 Å². The van der Waals surface area contributed by atoms with E-state index in [2.05, 4.69) is 4.74 Å². The number of rotatable bonds is 4. The lowest BCUT2D eigenvalue weighted by Gasteiger charge is -2.11. The predicted octanol–water partition coefficient (Wildman–Crippen LogP) is 1.57. The van der Waals surface area contributed by atoms with Crippen molar-refractivity contribution in [2.75, 3.05) is 14.2 Å². The van der Waals surface area contributed by atoms with Crippen molar-refractivity contribution < 1.29 is 27.2 Å². The van der Waals surface area contributed by atoms with Crippen LogP contribution < -0.4 is 10.2 Å². The fourth-order valence-corrected chi connectivity index (χ4v) is 1.20. The molecule has 0 atom stereocenters. The third kappa shape index (κ3) is 3.75. The van der Waals surface area contributed by atoms with Gasteiger partial charge in [0, 0.05) is 14.2 Å². The van der Waals surface area contributed by atoms with Crippen molar-refractivity contribution >= 4 is 12.6 Å². The predicted molar refractivity (Wildman–Crippen MR) is 52.5 cm³/mol. The molecule has 0 heterocycles. The van der Waals surface area contributed by atoms with Gasteiger partial charge in [0.2, 0.25) is 0 Å². The molecule has 3 nitrogen and oxygen atoms in total. The van der Waals surface area contributed by atoms with E-state index in [0.29, 0.717) is 5.46 Å². The van der Waals surface area contributed by atoms with Crippen LogP contribution in [0.5, 0.6) is 5.75 Å². The van der Waals surface area contributed by atoms with Gasteiger partial charge in [0.25, 0.3) is 0 Å². The van der Waals surface area contributed by atoms with Crippen LogP contribution in [0.3, 0.4) is 0 Å². The van der Waals surface area contributed by atoms with Crippen LogP contribution in [0.2, 0.25) is 0 Å². The van der Waals surface area contributed by atoms with Gasteiger partial charge in [0.1, 0.15) is 5.75 Å². The average molecular weight is 234 g/mol. The molecule has 1 rings (SSSR count). The summed E-state index contributed by atoms with van der Waals surface area (Å²) in [5.41, 5.74) is 0.611. The average Bonchev–Trinajstić information content (AvgIpc) is 2.20. The van der Waals surface area contributed by atoms with Crippen LogP contribution in [-0.4, -0.2) is 27.7 Å². The van der Waals surface area contributed by atoms with Crippen molar-refractivity contribution in [3.63, 3.8) is 0 Å². The van der Waals surface area contributed by atoms with Crippen molar-refractivity contribution in [2.24, 2.45) is 0 Å². The molecule has 16 heavy (non-hydrogen) atoms. The molecule has 7 heteroatoms. The summed E-state index contributed by atoms with van der Waals surface area (Å²) in [6, 6.07) is 5.29. The van der Waals surface area contributed by atoms with Gasteiger partial charge in [0.15, 0.2) is 0 Å². The molecule has 0 spiro atoms. The van der Waals surface area contributed by atoms with Crippen LogP contribution in [-0.2, 0) is 9.31 Å². The first-order chi connectivity index (χ1) is 7.46. The van der Waals surface area contributed by atoms with Crippen molar-refractivity contribution in [3.8, 4) is 5.75 Å². The SMILES string of the molecule is COB(OC)c1ccc(OC(F)(F)F)cc1.